The van der Waals surface area contributed by atoms with Gasteiger partial charge in [-0.25, -0.2) is 0 Å². The molecule has 1 spiro atoms. The SMILES string of the molecule is CS[C@H]1O[C@@H](c2ccc(C)c(Cc3ccc(C45CCC6(CC4C5)OCCO6)s3)c2)[C@H](O)[C@@H](O)[C@@H]1O. The van der Waals surface area contributed by atoms with Gasteiger partial charge in [-0.1, -0.05) is 18.2 Å². The van der Waals surface area contributed by atoms with E-state index in [2.05, 4.69) is 31.2 Å². The number of aliphatic hydroxyl groups excluding tert-OH is 3. The van der Waals surface area contributed by atoms with Crippen molar-refractivity contribution in [1.29, 1.82) is 0 Å². The Labute approximate surface area is 214 Å². The van der Waals surface area contributed by atoms with Gasteiger partial charge in [-0.3, -0.25) is 0 Å². The molecule has 2 unspecified atom stereocenters. The van der Waals surface area contributed by atoms with Gasteiger partial charge in [0.15, 0.2) is 5.79 Å². The van der Waals surface area contributed by atoms with Gasteiger partial charge in [0.1, 0.15) is 29.9 Å². The van der Waals surface area contributed by atoms with E-state index in [1.165, 1.54) is 39.1 Å². The van der Waals surface area contributed by atoms with Crippen molar-refractivity contribution < 1.29 is 29.5 Å². The number of ether oxygens (including phenoxy) is 3. The van der Waals surface area contributed by atoms with Crippen LogP contribution in [-0.4, -0.2) is 64.3 Å². The smallest absolute Gasteiger partial charge is 0.168 e. The number of benzene rings is 1. The monoisotopic (exact) mass is 518 g/mol. The predicted molar refractivity (Wildman–Crippen MR) is 136 cm³/mol. The molecule has 0 amide bonds. The summed E-state index contributed by atoms with van der Waals surface area (Å²) in [4.78, 5) is 2.82. The third kappa shape index (κ3) is 4.20. The Morgan fingerprint density at radius 3 is 2.54 bits per heavy atom. The first kappa shape index (κ1) is 24.4. The number of aliphatic hydroxyl groups is 3. The Morgan fingerprint density at radius 1 is 1.00 bits per heavy atom. The molecule has 35 heavy (non-hydrogen) atoms. The molecule has 1 aromatic carbocycles. The van der Waals surface area contributed by atoms with Crippen LogP contribution < -0.4 is 0 Å². The third-order valence-corrected chi connectivity index (χ3v) is 10.7. The highest BCUT2D eigenvalue weighted by Gasteiger charge is 2.63. The maximum Gasteiger partial charge on any atom is 0.168 e. The lowest BCUT2D eigenvalue weighted by Crippen LogP contribution is -2.52. The lowest BCUT2D eigenvalue weighted by atomic mass is 9.83. The molecular formula is C27H34O6S2. The minimum atomic E-state index is -1.24. The summed E-state index contributed by atoms with van der Waals surface area (Å²) >= 11 is 3.26. The second-order valence-corrected chi connectivity index (χ2v) is 12.7. The van der Waals surface area contributed by atoms with Gasteiger partial charge in [0, 0.05) is 34.4 Å². The van der Waals surface area contributed by atoms with Crippen LogP contribution in [0.5, 0.6) is 0 Å². The van der Waals surface area contributed by atoms with Crippen LogP contribution in [0.2, 0.25) is 0 Å². The van der Waals surface area contributed by atoms with E-state index in [1.54, 1.807) is 0 Å². The van der Waals surface area contributed by atoms with E-state index in [9.17, 15) is 15.3 Å². The number of fused-ring (bicyclic) bond motifs is 1. The van der Waals surface area contributed by atoms with Crippen LogP contribution in [0.1, 0.15) is 58.2 Å². The highest BCUT2D eigenvalue weighted by atomic mass is 32.2. The van der Waals surface area contributed by atoms with Gasteiger partial charge in [-0.2, -0.15) is 0 Å². The van der Waals surface area contributed by atoms with Crippen molar-refractivity contribution in [3.8, 4) is 0 Å². The van der Waals surface area contributed by atoms with E-state index in [4.69, 9.17) is 14.2 Å². The van der Waals surface area contributed by atoms with Gasteiger partial charge in [0.25, 0.3) is 0 Å². The Hall–Kier alpha value is -0.970. The molecule has 0 radical (unpaired) electrons. The van der Waals surface area contributed by atoms with Gasteiger partial charge >= 0.3 is 0 Å². The van der Waals surface area contributed by atoms with Crippen molar-refractivity contribution in [3.05, 3.63) is 56.8 Å². The molecule has 7 atom stereocenters. The van der Waals surface area contributed by atoms with Crippen molar-refractivity contribution in [3.63, 3.8) is 0 Å². The fraction of sp³-hybridized carbons (Fsp3) is 0.630. The quantitative estimate of drug-likeness (QED) is 0.557. The Bertz CT molecular complexity index is 1080. The van der Waals surface area contributed by atoms with E-state index in [0.29, 0.717) is 11.3 Å². The lowest BCUT2D eigenvalue weighted by Gasteiger charge is -2.40. The van der Waals surface area contributed by atoms with Crippen molar-refractivity contribution in [2.75, 3.05) is 19.5 Å². The molecule has 2 aliphatic heterocycles. The molecule has 6 nitrogen and oxygen atoms in total. The Balaban J connectivity index is 1.18. The van der Waals surface area contributed by atoms with Gasteiger partial charge in [-0.15, -0.1) is 23.1 Å². The molecule has 8 heteroatoms. The zero-order valence-electron chi connectivity index (χ0n) is 20.2. The molecule has 6 rings (SSSR count). The number of rotatable bonds is 5. The van der Waals surface area contributed by atoms with Gasteiger partial charge in [0.2, 0.25) is 0 Å². The zero-order valence-corrected chi connectivity index (χ0v) is 21.8. The summed E-state index contributed by atoms with van der Waals surface area (Å²) in [6.45, 7) is 3.55. The minimum Gasteiger partial charge on any atom is -0.387 e. The number of thiophene rings is 1. The standard InChI is InChI=1S/C27H34O6S2/c1-15-3-4-16(24-22(29)21(28)23(30)25(33-24)34-2)11-17(15)12-19-5-6-20(35-19)26-7-8-27(14-18(26)13-26)31-9-10-32-27/h3-6,11,18,21-25,28-30H,7-10,12-14H2,1-2H3/t18?,21-,22-,23+,24+,25-,26?/m1/s1. The summed E-state index contributed by atoms with van der Waals surface area (Å²) in [6.07, 6.45) is 2.81. The van der Waals surface area contributed by atoms with Crippen LogP contribution in [0.3, 0.4) is 0 Å². The number of thioether (sulfide) groups is 1. The van der Waals surface area contributed by atoms with E-state index < -0.39 is 29.9 Å². The van der Waals surface area contributed by atoms with Crippen LogP contribution in [-0.2, 0) is 26.0 Å². The summed E-state index contributed by atoms with van der Waals surface area (Å²) in [6, 6.07) is 10.7. The van der Waals surface area contributed by atoms with Crippen molar-refractivity contribution >= 4 is 23.1 Å². The molecule has 2 saturated heterocycles. The Kier molecular flexibility index (Phi) is 6.34. The number of hydrogen-bond acceptors (Lipinski definition) is 8. The molecule has 3 N–H and O–H groups in total. The molecule has 190 valence electrons. The van der Waals surface area contributed by atoms with Gasteiger partial charge in [0.05, 0.1) is 13.2 Å². The maximum absolute atomic E-state index is 10.6. The first-order chi connectivity index (χ1) is 16.8. The van der Waals surface area contributed by atoms with E-state index in [1.807, 2.05) is 23.7 Å². The molecule has 2 aliphatic carbocycles. The molecule has 4 fully saturated rings. The van der Waals surface area contributed by atoms with Gasteiger partial charge in [-0.05, 0) is 60.8 Å². The first-order valence-corrected chi connectivity index (χ1v) is 14.6. The fourth-order valence-electron chi connectivity index (χ4n) is 6.34. The van der Waals surface area contributed by atoms with Gasteiger partial charge < -0.3 is 29.5 Å². The molecule has 1 aromatic heterocycles. The third-order valence-electron chi connectivity index (χ3n) is 8.58. The van der Waals surface area contributed by atoms with Crippen LogP contribution >= 0.6 is 23.1 Å². The topological polar surface area (TPSA) is 88.4 Å². The van der Waals surface area contributed by atoms with Crippen molar-refractivity contribution in [1.82, 2.24) is 0 Å². The summed E-state index contributed by atoms with van der Waals surface area (Å²) < 4.78 is 17.9. The summed E-state index contributed by atoms with van der Waals surface area (Å²) in [7, 11) is 0. The molecule has 4 aliphatic rings. The fourth-order valence-corrected chi connectivity index (χ4v) is 8.34. The van der Waals surface area contributed by atoms with Crippen LogP contribution in [0, 0.1) is 12.8 Å². The highest BCUT2D eigenvalue weighted by molar-refractivity contribution is 7.99. The minimum absolute atomic E-state index is 0.310. The first-order valence-electron chi connectivity index (χ1n) is 12.5. The van der Waals surface area contributed by atoms with Crippen molar-refractivity contribution in [2.24, 2.45) is 5.92 Å². The summed E-state index contributed by atoms with van der Waals surface area (Å²) in [5.41, 5.74) is 2.93. The largest absolute Gasteiger partial charge is 0.387 e. The summed E-state index contributed by atoms with van der Waals surface area (Å²) in [5, 5.41) is 31.2. The molecular weight excluding hydrogens is 484 g/mol. The highest BCUT2D eigenvalue weighted by Crippen LogP contribution is 2.66. The van der Waals surface area contributed by atoms with Crippen LogP contribution in [0.25, 0.3) is 0 Å². The van der Waals surface area contributed by atoms with Crippen molar-refractivity contribution in [2.45, 2.75) is 80.1 Å². The molecule has 3 heterocycles. The molecule has 2 aromatic rings. The number of hydrogen-bond donors (Lipinski definition) is 3. The molecule has 2 saturated carbocycles. The zero-order chi connectivity index (χ0) is 24.4. The number of aryl methyl sites for hydroxylation is 1. The average molecular weight is 519 g/mol. The second-order valence-electron chi connectivity index (χ2n) is 10.6. The Morgan fingerprint density at radius 2 is 1.80 bits per heavy atom. The van der Waals surface area contributed by atoms with Crippen LogP contribution in [0.15, 0.2) is 30.3 Å². The lowest BCUT2D eigenvalue weighted by molar-refractivity contribution is -0.200. The predicted octanol–water partition coefficient (Wildman–Crippen LogP) is 3.68. The maximum atomic E-state index is 10.6. The van der Waals surface area contributed by atoms with E-state index in [0.717, 1.165) is 44.5 Å². The van der Waals surface area contributed by atoms with Crippen LogP contribution in [0.4, 0.5) is 0 Å². The summed E-state index contributed by atoms with van der Waals surface area (Å²) in [5.74, 6) is 0.342. The average Bonchev–Trinajstić information content (AvgIpc) is 3.15. The van der Waals surface area contributed by atoms with E-state index in [-0.39, 0.29) is 5.79 Å². The normalized spacial score (nSPS) is 38.0. The van der Waals surface area contributed by atoms with E-state index >= 15 is 0 Å². The second kappa shape index (κ2) is 9.10. The molecule has 0 bridgehead atoms.